The van der Waals surface area contributed by atoms with Gasteiger partial charge in [-0.15, -0.1) is 0 Å². The Morgan fingerprint density at radius 2 is 1.96 bits per heavy atom. The highest BCUT2D eigenvalue weighted by Gasteiger charge is 2.14. The number of benzene rings is 1. The Morgan fingerprint density at radius 1 is 1.19 bits per heavy atom. The highest BCUT2D eigenvalue weighted by Crippen LogP contribution is 2.17. The highest BCUT2D eigenvalue weighted by molar-refractivity contribution is 5.94. The lowest BCUT2D eigenvalue weighted by molar-refractivity contribution is 0.0951. The van der Waals surface area contributed by atoms with Crippen molar-refractivity contribution in [3.63, 3.8) is 0 Å². The number of rotatable bonds is 8. The van der Waals surface area contributed by atoms with Gasteiger partial charge in [0.25, 0.3) is 5.91 Å². The summed E-state index contributed by atoms with van der Waals surface area (Å²) in [6.07, 6.45) is 6.36. The first kappa shape index (κ1) is 21.2. The van der Waals surface area contributed by atoms with E-state index < -0.39 is 0 Å². The maximum absolute atomic E-state index is 12.3. The van der Waals surface area contributed by atoms with Crippen molar-refractivity contribution in [1.82, 2.24) is 20.9 Å². The van der Waals surface area contributed by atoms with Gasteiger partial charge in [0.1, 0.15) is 0 Å². The molecule has 6 heteroatoms. The highest BCUT2D eigenvalue weighted by atomic mass is 16.1. The van der Waals surface area contributed by atoms with Gasteiger partial charge in [0.15, 0.2) is 5.96 Å². The summed E-state index contributed by atoms with van der Waals surface area (Å²) in [6, 6.07) is 8.24. The van der Waals surface area contributed by atoms with E-state index in [1.54, 1.807) is 0 Å². The summed E-state index contributed by atoms with van der Waals surface area (Å²) in [7, 11) is 3.99. The van der Waals surface area contributed by atoms with Crippen LogP contribution >= 0.6 is 0 Å². The molecule has 1 aromatic carbocycles. The molecule has 0 aliphatic heterocycles. The number of likely N-dealkylation sites (N-methyl/N-ethyl adjacent to an activating group) is 1. The molecule has 1 aliphatic rings. The molecule has 2 rings (SSSR count). The van der Waals surface area contributed by atoms with Gasteiger partial charge in [-0.1, -0.05) is 31.4 Å². The van der Waals surface area contributed by atoms with Gasteiger partial charge in [0.2, 0.25) is 0 Å². The molecule has 0 bridgehead atoms. The van der Waals surface area contributed by atoms with Crippen LogP contribution in [-0.4, -0.2) is 56.5 Å². The van der Waals surface area contributed by atoms with Crippen molar-refractivity contribution in [2.75, 3.05) is 33.7 Å². The molecule has 0 atom stereocenters. The third kappa shape index (κ3) is 7.99. The molecule has 1 saturated carbocycles. The van der Waals surface area contributed by atoms with E-state index in [4.69, 9.17) is 4.99 Å². The van der Waals surface area contributed by atoms with Crippen LogP contribution in [0.15, 0.2) is 29.3 Å². The molecular formula is C21H35N5O. The van der Waals surface area contributed by atoms with Crippen molar-refractivity contribution in [3.8, 4) is 0 Å². The number of guanidine groups is 1. The fourth-order valence-electron chi connectivity index (χ4n) is 3.24. The predicted molar refractivity (Wildman–Crippen MR) is 112 cm³/mol. The molecular weight excluding hydrogens is 338 g/mol. The Bertz CT molecular complexity index is 608. The average molecular weight is 374 g/mol. The summed E-state index contributed by atoms with van der Waals surface area (Å²) < 4.78 is 0. The van der Waals surface area contributed by atoms with E-state index in [0.29, 0.717) is 24.7 Å². The standard InChI is InChI=1S/C21H35N5O/c1-4-22-21(25-19-11-6-5-7-12-19)24-16-17-9-8-10-18(15-17)20(27)23-13-14-26(2)3/h8-10,15,19H,4-7,11-14,16H2,1-3H3,(H,23,27)(H2,22,24,25). The minimum atomic E-state index is -0.0325. The third-order valence-corrected chi connectivity index (χ3v) is 4.74. The van der Waals surface area contributed by atoms with Crippen molar-refractivity contribution in [1.29, 1.82) is 0 Å². The van der Waals surface area contributed by atoms with Crippen LogP contribution in [0.3, 0.4) is 0 Å². The van der Waals surface area contributed by atoms with Gasteiger partial charge in [-0.2, -0.15) is 0 Å². The summed E-state index contributed by atoms with van der Waals surface area (Å²) in [5.41, 5.74) is 1.72. The Hall–Kier alpha value is -2.08. The molecule has 0 unspecified atom stereocenters. The second kappa shape index (κ2) is 11.6. The van der Waals surface area contributed by atoms with E-state index in [1.807, 2.05) is 43.3 Å². The summed E-state index contributed by atoms with van der Waals surface area (Å²) in [4.78, 5) is 19.1. The first-order valence-corrected chi connectivity index (χ1v) is 10.1. The average Bonchev–Trinajstić information content (AvgIpc) is 2.67. The van der Waals surface area contributed by atoms with Crippen LogP contribution in [-0.2, 0) is 6.54 Å². The Morgan fingerprint density at radius 3 is 2.67 bits per heavy atom. The number of amides is 1. The van der Waals surface area contributed by atoms with E-state index in [1.165, 1.54) is 32.1 Å². The quantitative estimate of drug-likeness (QED) is 0.483. The number of nitrogens with one attached hydrogen (secondary N) is 3. The van der Waals surface area contributed by atoms with Crippen molar-refractivity contribution < 1.29 is 4.79 Å². The van der Waals surface area contributed by atoms with Gasteiger partial charge in [-0.25, -0.2) is 4.99 Å². The second-order valence-electron chi connectivity index (χ2n) is 7.43. The number of nitrogens with zero attached hydrogens (tertiary/aromatic N) is 2. The van der Waals surface area contributed by atoms with Crippen LogP contribution in [0.5, 0.6) is 0 Å². The van der Waals surface area contributed by atoms with Gasteiger partial charge in [-0.05, 0) is 51.6 Å². The fourth-order valence-corrected chi connectivity index (χ4v) is 3.24. The molecule has 1 fully saturated rings. The number of carbonyl (C=O) groups excluding carboxylic acids is 1. The first-order chi connectivity index (χ1) is 13.1. The molecule has 6 nitrogen and oxygen atoms in total. The van der Waals surface area contributed by atoms with E-state index in [-0.39, 0.29) is 5.91 Å². The SMILES string of the molecule is CCNC(=NCc1cccc(C(=O)NCCN(C)C)c1)NC1CCCCC1. The summed E-state index contributed by atoms with van der Waals surface area (Å²) in [6.45, 7) is 4.95. The van der Waals surface area contributed by atoms with E-state index in [9.17, 15) is 4.79 Å². The van der Waals surface area contributed by atoms with Gasteiger partial charge in [0, 0.05) is 31.2 Å². The van der Waals surface area contributed by atoms with Gasteiger partial charge in [0.05, 0.1) is 6.54 Å². The molecule has 1 aliphatic carbocycles. The number of carbonyl (C=O) groups is 1. The lowest BCUT2D eigenvalue weighted by atomic mass is 9.96. The maximum Gasteiger partial charge on any atom is 0.251 e. The van der Waals surface area contributed by atoms with Gasteiger partial charge >= 0.3 is 0 Å². The molecule has 0 radical (unpaired) electrons. The molecule has 150 valence electrons. The van der Waals surface area contributed by atoms with Crippen molar-refractivity contribution >= 4 is 11.9 Å². The molecule has 3 N–H and O–H groups in total. The van der Waals surface area contributed by atoms with E-state index in [0.717, 1.165) is 24.6 Å². The lowest BCUT2D eigenvalue weighted by Crippen LogP contribution is -2.44. The minimum absolute atomic E-state index is 0.0325. The molecule has 1 amide bonds. The van der Waals surface area contributed by atoms with Crippen molar-refractivity contribution in [2.45, 2.75) is 51.6 Å². The Balaban J connectivity index is 1.93. The van der Waals surface area contributed by atoms with Crippen molar-refractivity contribution in [3.05, 3.63) is 35.4 Å². The summed E-state index contributed by atoms with van der Waals surface area (Å²) in [5, 5.41) is 9.84. The minimum Gasteiger partial charge on any atom is -0.357 e. The van der Waals surface area contributed by atoms with Crippen LogP contribution in [0.4, 0.5) is 0 Å². The van der Waals surface area contributed by atoms with Crippen LogP contribution in [0.25, 0.3) is 0 Å². The molecule has 0 spiro atoms. The van der Waals surface area contributed by atoms with Crippen LogP contribution in [0, 0.1) is 0 Å². The zero-order valence-corrected chi connectivity index (χ0v) is 17.1. The molecule has 0 heterocycles. The van der Waals surface area contributed by atoms with E-state index >= 15 is 0 Å². The summed E-state index contributed by atoms with van der Waals surface area (Å²) in [5.74, 6) is 0.833. The van der Waals surface area contributed by atoms with E-state index in [2.05, 4.69) is 22.9 Å². The molecule has 1 aromatic rings. The zero-order valence-electron chi connectivity index (χ0n) is 17.1. The van der Waals surface area contributed by atoms with Gasteiger partial charge < -0.3 is 20.9 Å². The topological polar surface area (TPSA) is 68.8 Å². The molecule has 27 heavy (non-hydrogen) atoms. The predicted octanol–water partition coefficient (Wildman–Crippen LogP) is 2.37. The Kier molecular flexibility index (Phi) is 9.11. The van der Waals surface area contributed by atoms with Crippen molar-refractivity contribution in [2.24, 2.45) is 4.99 Å². The second-order valence-corrected chi connectivity index (χ2v) is 7.43. The monoisotopic (exact) mass is 373 g/mol. The zero-order chi connectivity index (χ0) is 19.5. The van der Waals surface area contributed by atoms with Crippen LogP contribution < -0.4 is 16.0 Å². The summed E-state index contributed by atoms with van der Waals surface area (Å²) >= 11 is 0. The maximum atomic E-state index is 12.3. The Labute approximate surface area is 163 Å². The molecule has 0 aromatic heterocycles. The smallest absolute Gasteiger partial charge is 0.251 e. The number of aliphatic imine (C=N–C) groups is 1. The lowest BCUT2D eigenvalue weighted by Gasteiger charge is -2.24. The third-order valence-electron chi connectivity index (χ3n) is 4.74. The number of hydrogen-bond acceptors (Lipinski definition) is 3. The largest absolute Gasteiger partial charge is 0.357 e. The normalized spacial score (nSPS) is 15.6. The number of hydrogen-bond donors (Lipinski definition) is 3. The van der Waals surface area contributed by atoms with Gasteiger partial charge in [-0.3, -0.25) is 4.79 Å². The molecule has 0 saturated heterocycles. The fraction of sp³-hybridized carbons (Fsp3) is 0.619. The first-order valence-electron chi connectivity index (χ1n) is 10.1. The van der Waals surface area contributed by atoms with Crippen LogP contribution in [0.1, 0.15) is 54.9 Å². The van der Waals surface area contributed by atoms with Crippen LogP contribution in [0.2, 0.25) is 0 Å².